The quantitative estimate of drug-likeness (QED) is 0.0503. The van der Waals surface area contributed by atoms with E-state index < -0.39 is 61.5 Å². The average Bonchev–Trinajstić information content (AvgIpc) is 3.58. The zero-order chi connectivity index (χ0) is 41.3. The lowest BCUT2D eigenvalue weighted by atomic mass is 9.97. The van der Waals surface area contributed by atoms with Gasteiger partial charge in [0.15, 0.2) is 34.5 Å². The molecule has 300 valence electrons. The minimum atomic E-state index is -1.40. The standard InChI is InChI=1S/C38H38N4O15/c1-50-25-9-16(5-6-23(25)54-35(46)20(39)13-43)29-30-19-11-26(51-2)27(56-36(47)21(40)14-44)12-24(19)55-38(49)32(30)42-8-7-17-18(31(29)42)10-28(52-3)34(53-4)33(17)57-37(48)22(41)15-45/h5-12,20-22,43-45H,13-15,39-41H2,1-4H3/t20-,21-,22-/m0/s1. The number of carbonyl (C=O) groups excluding carboxylic acids is 3. The first-order chi connectivity index (χ1) is 27.3. The Morgan fingerprint density at radius 3 is 1.77 bits per heavy atom. The van der Waals surface area contributed by atoms with Gasteiger partial charge in [-0.3, -0.25) is 0 Å². The maximum absolute atomic E-state index is 14.1. The molecule has 0 unspecified atom stereocenters. The number of aliphatic hydroxyl groups excluding tert-OH is 3. The minimum absolute atomic E-state index is 0.0251. The molecule has 6 aromatic rings. The fourth-order valence-corrected chi connectivity index (χ4v) is 6.22. The number of methoxy groups -OCH3 is 4. The molecule has 3 aromatic heterocycles. The third kappa shape index (κ3) is 7.10. The van der Waals surface area contributed by atoms with Gasteiger partial charge in [-0.1, -0.05) is 6.07 Å². The molecule has 0 fully saturated rings. The molecule has 6 rings (SSSR count). The summed E-state index contributed by atoms with van der Waals surface area (Å²) in [5, 5.41) is 29.6. The highest BCUT2D eigenvalue weighted by Crippen LogP contribution is 2.49. The second-order valence-electron chi connectivity index (χ2n) is 12.4. The van der Waals surface area contributed by atoms with E-state index in [1.165, 1.54) is 58.9 Å². The van der Waals surface area contributed by atoms with Crippen LogP contribution in [0.2, 0.25) is 0 Å². The van der Waals surface area contributed by atoms with Gasteiger partial charge in [-0.2, -0.15) is 0 Å². The highest BCUT2D eigenvalue weighted by molar-refractivity contribution is 6.22. The van der Waals surface area contributed by atoms with E-state index in [9.17, 15) is 34.5 Å². The van der Waals surface area contributed by atoms with E-state index >= 15 is 0 Å². The lowest BCUT2D eigenvalue weighted by molar-refractivity contribution is -0.137. The lowest BCUT2D eigenvalue weighted by Crippen LogP contribution is -2.37. The van der Waals surface area contributed by atoms with Crippen LogP contribution in [-0.2, 0) is 14.4 Å². The molecule has 3 atom stereocenters. The molecule has 0 amide bonds. The van der Waals surface area contributed by atoms with Gasteiger partial charge in [0.25, 0.3) is 0 Å². The van der Waals surface area contributed by atoms with Gasteiger partial charge in [-0.15, -0.1) is 0 Å². The molecule has 0 radical (unpaired) electrons. The van der Waals surface area contributed by atoms with E-state index in [0.717, 1.165) is 0 Å². The van der Waals surface area contributed by atoms with Crippen molar-refractivity contribution in [1.29, 1.82) is 0 Å². The van der Waals surface area contributed by atoms with Gasteiger partial charge < -0.3 is 74.5 Å². The Labute approximate surface area is 321 Å². The predicted octanol–water partition coefficient (Wildman–Crippen LogP) is 0.729. The third-order valence-electron chi connectivity index (χ3n) is 9.02. The highest BCUT2D eigenvalue weighted by atomic mass is 16.6. The zero-order valence-corrected chi connectivity index (χ0v) is 30.9. The largest absolute Gasteiger partial charge is 0.493 e. The fourth-order valence-electron chi connectivity index (χ4n) is 6.22. The van der Waals surface area contributed by atoms with E-state index in [1.54, 1.807) is 22.6 Å². The number of benzene rings is 3. The van der Waals surface area contributed by atoms with Crippen molar-refractivity contribution < 1.29 is 67.3 Å². The summed E-state index contributed by atoms with van der Waals surface area (Å²) in [6, 6.07) is 6.37. The van der Waals surface area contributed by atoms with E-state index in [-0.39, 0.29) is 51.3 Å². The first-order valence-corrected chi connectivity index (χ1v) is 17.0. The Hall–Kier alpha value is -6.48. The van der Waals surface area contributed by atoms with Crippen LogP contribution in [0.4, 0.5) is 0 Å². The molecule has 3 aromatic carbocycles. The normalized spacial score (nSPS) is 13.0. The van der Waals surface area contributed by atoms with E-state index in [2.05, 4.69) is 0 Å². The van der Waals surface area contributed by atoms with Crippen LogP contribution in [0.1, 0.15) is 0 Å². The van der Waals surface area contributed by atoms with Crippen LogP contribution in [0.3, 0.4) is 0 Å². The number of ether oxygens (including phenoxy) is 7. The molecule has 0 spiro atoms. The third-order valence-corrected chi connectivity index (χ3v) is 9.02. The molecule has 57 heavy (non-hydrogen) atoms. The van der Waals surface area contributed by atoms with Gasteiger partial charge in [0.05, 0.1) is 53.8 Å². The Morgan fingerprint density at radius 1 is 0.632 bits per heavy atom. The number of pyridine rings is 1. The molecule has 0 saturated heterocycles. The topological polar surface area (TPSA) is 289 Å². The number of fused-ring (bicyclic) bond motifs is 7. The molecule has 3 heterocycles. The van der Waals surface area contributed by atoms with Crippen molar-refractivity contribution in [3.8, 4) is 51.4 Å². The summed E-state index contributed by atoms with van der Waals surface area (Å²) in [4.78, 5) is 52.2. The van der Waals surface area contributed by atoms with E-state index in [0.29, 0.717) is 38.2 Å². The zero-order valence-electron chi connectivity index (χ0n) is 30.9. The van der Waals surface area contributed by atoms with Gasteiger partial charge in [0.1, 0.15) is 29.2 Å². The van der Waals surface area contributed by atoms with Gasteiger partial charge in [-0.25, -0.2) is 19.2 Å². The lowest BCUT2D eigenvalue weighted by Gasteiger charge is -2.18. The fraction of sp³-hybridized carbons (Fsp3) is 0.263. The number of aromatic nitrogens is 1. The average molecular weight is 791 g/mol. The summed E-state index contributed by atoms with van der Waals surface area (Å²) >= 11 is 0. The summed E-state index contributed by atoms with van der Waals surface area (Å²) in [7, 11) is 5.36. The van der Waals surface area contributed by atoms with Crippen LogP contribution >= 0.6 is 0 Å². The van der Waals surface area contributed by atoms with E-state index in [4.69, 9.17) is 54.8 Å². The highest BCUT2D eigenvalue weighted by Gasteiger charge is 2.29. The molecule has 0 aliphatic carbocycles. The van der Waals surface area contributed by atoms with Crippen molar-refractivity contribution in [1.82, 2.24) is 4.40 Å². The second-order valence-corrected chi connectivity index (χ2v) is 12.4. The number of hydrogen-bond acceptors (Lipinski definition) is 18. The summed E-state index contributed by atoms with van der Waals surface area (Å²) in [5.74, 6) is -2.95. The van der Waals surface area contributed by atoms with E-state index in [1.807, 2.05) is 0 Å². The minimum Gasteiger partial charge on any atom is -0.493 e. The SMILES string of the molecule is COc1cc(-c2c3c4cc(OC)c(OC(=O)[C@@H](N)CO)cc4oc(=O)c3n3ccc4c(OC(=O)[C@@H](N)CO)c(OC)c(OC)cc4c23)ccc1OC(=O)[C@@H](N)CO. The van der Waals surface area contributed by atoms with Gasteiger partial charge >= 0.3 is 23.5 Å². The van der Waals surface area contributed by atoms with Crippen molar-refractivity contribution in [3.63, 3.8) is 0 Å². The van der Waals surface area contributed by atoms with Crippen molar-refractivity contribution in [2.45, 2.75) is 18.1 Å². The summed E-state index contributed by atoms with van der Waals surface area (Å²) in [6.45, 7) is -2.07. The second kappa shape index (κ2) is 16.3. The maximum Gasteiger partial charge on any atom is 0.361 e. The summed E-state index contributed by atoms with van der Waals surface area (Å²) < 4.78 is 46.4. The smallest absolute Gasteiger partial charge is 0.361 e. The molecule has 0 aliphatic heterocycles. The van der Waals surface area contributed by atoms with Crippen molar-refractivity contribution in [3.05, 3.63) is 59.1 Å². The Kier molecular flexibility index (Phi) is 11.5. The number of nitrogens with two attached hydrogens (primary N) is 3. The first-order valence-electron chi connectivity index (χ1n) is 17.0. The van der Waals surface area contributed by atoms with Crippen molar-refractivity contribution >= 4 is 56.1 Å². The summed E-state index contributed by atoms with van der Waals surface area (Å²) in [6.07, 6.45) is 1.54. The molecule has 9 N–H and O–H groups in total. The number of aliphatic hydroxyl groups is 3. The van der Waals surface area contributed by atoms with Gasteiger partial charge in [0, 0.05) is 39.4 Å². The van der Waals surface area contributed by atoms with Crippen LogP contribution in [0.5, 0.6) is 40.2 Å². The number of esters is 3. The number of rotatable bonds is 14. The van der Waals surface area contributed by atoms with Crippen LogP contribution in [0, 0.1) is 0 Å². The molecule has 0 saturated carbocycles. The van der Waals surface area contributed by atoms with Gasteiger partial charge in [-0.05, 0) is 35.9 Å². The van der Waals surface area contributed by atoms with Gasteiger partial charge in [0.2, 0.25) is 5.75 Å². The molecule has 19 heteroatoms. The van der Waals surface area contributed by atoms with Crippen molar-refractivity contribution in [2.24, 2.45) is 17.2 Å². The molecular weight excluding hydrogens is 752 g/mol. The van der Waals surface area contributed by atoms with Crippen molar-refractivity contribution in [2.75, 3.05) is 48.3 Å². The molecule has 0 aliphatic rings. The molecular formula is C38H38N4O15. The number of hydrogen-bond donors (Lipinski definition) is 6. The predicted molar refractivity (Wildman–Crippen MR) is 202 cm³/mol. The van der Waals surface area contributed by atoms with Crippen LogP contribution in [-0.4, -0.2) is 104 Å². The first kappa shape index (κ1) is 40.2. The number of nitrogens with zero attached hydrogens (tertiary/aromatic N) is 1. The molecule has 19 nitrogen and oxygen atoms in total. The molecule has 0 bridgehead atoms. The number of carbonyl (C=O) groups is 3. The van der Waals surface area contributed by atoms with Crippen LogP contribution in [0.25, 0.3) is 49.3 Å². The summed E-state index contributed by atoms with van der Waals surface area (Å²) in [5.41, 5.74) is 17.4. The Bertz CT molecular complexity index is 2620. The Morgan fingerprint density at radius 2 is 1.19 bits per heavy atom. The van der Waals surface area contributed by atoms with Crippen LogP contribution < -0.4 is 56.0 Å². The monoisotopic (exact) mass is 790 g/mol. The Balaban J connectivity index is 1.78. The van der Waals surface area contributed by atoms with Crippen LogP contribution in [0.15, 0.2) is 57.9 Å². The maximum atomic E-state index is 14.1.